The topological polar surface area (TPSA) is 4.41 Å². The number of nitrogens with zero attached hydrogens (tertiary/aromatic N) is 1. The third-order valence-corrected chi connectivity index (χ3v) is 5.12. The zero-order valence-electron chi connectivity index (χ0n) is 5.91. The predicted molar refractivity (Wildman–Crippen MR) is 38.4 cm³/mol. The summed E-state index contributed by atoms with van der Waals surface area (Å²) in [4.78, 5) is 0. The van der Waals surface area contributed by atoms with Crippen molar-refractivity contribution in [2.75, 3.05) is 0 Å². The molecule has 2 aromatic rings. The Morgan fingerprint density at radius 3 is 2.80 bits per heavy atom. The van der Waals surface area contributed by atoms with Gasteiger partial charge in [0.15, 0.2) is 0 Å². The predicted octanol–water partition coefficient (Wildman–Crippen LogP) is 0.846. The Balaban J connectivity index is 2.93. The van der Waals surface area contributed by atoms with Gasteiger partial charge in [0.25, 0.3) is 0 Å². The van der Waals surface area contributed by atoms with Gasteiger partial charge in [-0.25, -0.2) is 0 Å². The van der Waals surface area contributed by atoms with Crippen molar-refractivity contribution < 1.29 is 42.8 Å². The van der Waals surface area contributed by atoms with Crippen LogP contribution in [0.25, 0.3) is 5.52 Å². The van der Waals surface area contributed by atoms with Gasteiger partial charge in [-0.1, -0.05) is 0 Å². The Morgan fingerprint density at radius 2 is 2.00 bits per heavy atom. The Bertz CT molecular complexity index is 351. The van der Waals surface area contributed by atoms with Gasteiger partial charge in [-0.05, 0) is 0 Å². The summed E-state index contributed by atoms with van der Waals surface area (Å²) < 4.78 is 3.79. The molecule has 2 heteroatoms. The van der Waals surface area contributed by atoms with Gasteiger partial charge in [-0.2, -0.15) is 0 Å². The number of fused-ring (bicyclic) bond motifs is 1. The second-order valence-electron chi connectivity index (χ2n) is 2.47. The number of hydrogen-bond donors (Lipinski definition) is 0. The van der Waals surface area contributed by atoms with E-state index >= 15 is 0 Å². The molecule has 10 heavy (non-hydrogen) atoms. The van der Waals surface area contributed by atoms with Crippen LogP contribution in [0.4, 0.5) is 0 Å². The molecule has 2 rings (SSSR count). The minimum absolute atomic E-state index is 0.481. The maximum absolute atomic E-state index is 2.27. The first kappa shape index (κ1) is 6.91. The van der Waals surface area contributed by atoms with Gasteiger partial charge in [0.1, 0.15) is 0 Å². The van der Waals surface area contributed by atoms with Crippen LogP contribution in [0, 0.1) is 42.8 Å². The average molecular weight is 343 g/mol. The summed E-state index contributed by atoms with van der Waals surface area (Å²) in [6, 6.07) is 10.7. The molecule has 0 atom stereocenters. The third kappa shape index (κ3) is 1.05. The summed E-state index contributed by atoms with van der Waals surface area (Å²) in [5.41, 5.74) is 1.32. The van der Waals surface area contributed by atoms with E-state index in [2.05, 4.69) is 40.9 Å². The Labute approximate surface area is 88.8 Å². The molecule has 0 radical (unpaired) electrons. The monoisotopic (exact) mass is 343 g/mol. The standard InChI is InChI=1S/C8H6N.Ra.H/c1-2-6-9-7-3-5-8(9)4-1;;/h1-6H;;. The second kappa shape index (κ2) is 2.69. The van der Waals surface area contributed by atoms with E-state index in [0.717, 1.165) is 0 Å². The Morgan fingerprint density at radius 1 is 1.10 bits per heavy atom. The molecule has 0 spiro atoms. The van der Waals surface area contributed by atoms with E-state index in [-0.39, 0.29) is 0 Å². The molecule has 0 amide bonds. The first-order valence-corrected chi connectivity index (χ1v) is 7.51. The van der Waals surface area contributed by atoms with E-state index in [1.165, 1.54) is 6.25 Å². The van der Waals surface area contributed by atoms with E-state index in [0.29, 0.717) is 42.8 Å². The fraction of sp³-hybridized carbons (Fsp3) is 0. The summed E-state index contributed by atoms with van der Waals surface area (Å²) >= 11 is 0.481. The van der Waals surface area contributed by atoms with Crippen molar-refractivity contribution in [3.63, 3.8) is 0 Å². The minimum atomic E-state index is 0.481. The van der Waals surface area contributed by atoms with Crippen LogP contribution in [0.15, 0.2) is 36.5 Å². The SMILES string of the molecule is [RaH][c]1ccc2ccccn12. The molecule has 0 aliphatic rings. The average Bonchev–Trinajstić information content (AvgIpc) is 2.34. The quantitative estimate of drug-likeness (QED) is 0.668. The Hall–Kier alpha value is 0.228. The van der Waals surface area contributed by atoms with Crippen molar-refractivity contribution in [1.29, 1.82) is 0 Å². The van der Waals surface area contributed by atoms with Crippen molar-refractivity contribution in [3.8, 4) is 0 Å². The molecule has 0 saturated carbocycles. The second-order valence-corrected chi connectivity index (χ2v) is 6.68. The van der Waals surface area contributed by atoms with Crippen LogP contribution in [0.5, 0.6) is 0 Å². The summed E-state index contributed by atoms with van der Waals surface area (Å²) in [6.07, 6.45) is 2.13. The van der Waals surface area contributed by atoms with Gasteiger partial charge in [0.2, 0.25) is 0 Å². The molecule has 0 aromatic carbocycles. The van der Waals surface area contributed by atoms with Gasteiger partial charge >= 0.3 is 90.0 Å². The van der Waals surface area contributed by atoms with E-state index in [1.807, 2.05) is 0 Å². The van der Waals surface area contributed by atoms with Crippen molar-refractivity contribution >= 4 is 6.25 Å². The molecule has 0 bridgehead atoms. The van der Waals surface area contributed by atoms with Crippen molar-refractivity contribution in [2.24, 2.45) is 0 Å². The van der Waals surface area contributed by atoms with Crippen LogP contribution in [0.3, 0.4) is 0 Å². The molecule has 2 aromatic heterocycles. The number of hydrogen-bond acceptors (Lipinski definition) is 0. The molecule has 0 fully saturated rings. The normalized spacial score (nSPS) is 10.3. The van der Waals surface area contributed by atoms with Gasteiger partial charge in [-0.15, -0.1) is 0 Å². The van der Waals surface area contributed by atoms with E-state index in [4.69, 9.17) is 0 Å². The van der Waals surface area contributed by atoms with Gasteiger partial charge < -0.3 is 0 Å². The van der Waals surface area contributed by atoms with Crippen LogP contribution < -0.4 is 0.735 Å². The maximum atomic E-state index is 2.27. The first-order valence-electron chi connectivity index (χ1n) is 3.40. The van der Waals surface area contributed by atoms with E-state index in [1.54, 1.807) is 0 Å². The van der Waals surface area contributed by atoms with Crippen molar-refractivity contribution in [3.05, 3.63) is 36.5 Å². The molecule has 46 valence electrons. The molecule has 0 unspecified atom stereocenters. The fourth-order valence-corrected chi connectivity index (χ4v) is 3.56. The number of pyridine rings is 1. The van der Waals surface area contributed by atoms with Crippen LogP contribution in [0.2, 0.25) is 0 Å². The van der Waals surface area contributed by atoms with Gasteiger partial charge in [-0.3, -0.25) is 0 Å². The van der Waals surface area contributed by atoms with Crippen LogP contribution in [-0.4, -0.2) is 4.40 Å². The van der Waals surface area contributed by atoms with Crippen LogP contribution in [-0.2, 0) is 0 Å². The Kier molecular flexibility index (Phi) is 1.86. The molecule has 0 saturated heterocycles. The molecule has 0 N–H and O–H groups in total. The van der Waals surface area contributed by atoms with Crippen LogP contribution >= 0.6 is 0 Å². The van der Waals surface area contributed by atoms with Crippen molar-refractivity contribution in [1.82, 2.24) is 4.40 Å². The summed E-state index contributed by atoms with van der Waals surface area (Å²) in [5, 5.41) is 0. The third-order valence-electron chi connectivity index (χ3n) is 1.77. The fourth-order valence-electron chi connectivity index (χ4n) is 1.20. The summed E-state index contributed by atoms with van der Waals surface area (Å²) in [7, 11) is 0. The molecule has 0 aliphatic heterocycles. The summed E-state index contributed by atoms with van der Waals surface area (Å²) in [6.45, 7) is 0. The number of rotatable bonds is 0. The molecule has 2 heterocycles. The number of aromatic nitrogens is 1. The molecule has 0 aliphatic carbocycles. The van der Waals surface area contributed by atoms with E-state index < -0.39 is 0 Å². The molecule has 1 nitrogen and oxygen atoms in total. The first-order chi connectivity index (χ1) is 4.88. The van der Waals surface area contributed by atoms with Gasteiger partial charge in [0.05, 0.1) is 0 Å². The van der Waals surface area contributed by atoms with Crippen LogP contribution in [0.1, 0.15) is 0 Å². The zero-order valence-corrected chi connectivity index (χ0v) is 14.1. The zero-order chi connectivity index (χ0) is 6.97. The summed E-state index contributed by atoms with van der Waals surface area (Å²) in [5.74, 6) is 0. The molecular formula is C8H7NRa. The van der Waals surface area contributed by atoms with E-state index in [9.17, 15) is 0 Å². The van der Waals surface area contributed by atoms with Gasteiger partial charge in [0, 0.05) is 0 Å². The van der Waals surface area contributed by atoms with Crippen molar-refractivity contribution in [2.45, 2.75) is 0 Å². The molecular weight excluding hydrogens is 336 g/mol.